The predicted octanol–water partition coefficient (Wildman–Crippen LogP) is 0.487. The van der Waals surface area contributed by atoms with Crippen molar-refractivity contribution >= 4 is 17.4 Å². The number of aliphatic hydroxyl groups excluding tert-OH is 2. The average molecular weight is 215 g/mol. The third-order valence-corrected chi connectivity index (χ3v) is 2.11. The molecule has 5 heteroatoms. The normalized spacial score (nSPS) is 11.8. The summed E-state index contributed by atoms with van der Waals surface area (Å²) in [7, 11) is 0. The van der Waals surface area contributed by atoms with Crippen molar-refractivity contribution in [3.8, 4) is 0 Å². The van der Waals surface area contributed by atoms with E-state index in [2.05, 4.69) is 4.99 Å². The highest BCUT2D eigenvalue weighted by molar-refractivity contribution is 6.31. The van der Waals surface area contributed by atoms with Crippen molar-refractivity contribution in [2.75, 3.05) is 6.73 Å². The van der Waals surface area contributed by atoms with Gasteiger partial charge in [-0.25, -0.2) is 4.99 Å². The third kappa shape index (κ3) is 2.45. The van der Waals surface area contributed by atoms with Crippen LogP contribution in [0, 0.1) is 0 Å². The van der Waals surface area contributed by atoms with Crippen molar-refractivity contribution in [3.05, 3.63) is 34.3 Å². The molecule has 0 aliphatic rings. The minimum absolute atomic E-state index is 0.115. The van der Waals surface area contributed by atoms with Gasteiger partial charge in [-0.15, -0.1) is 0 Å². The number of hydrogen-bond donors (Lipinski definition) is 3. The lowest BCUT2D eigenvalue weighted by Gasteiger charge is -2.04. The van der Waals surface area contributed by atoms with Gasteiger partial charge < -0.3 is 15.9 Å². The fourth-order valence-corrected chi connectivity index (χ4v) is 1.24. The molecule has 0 spiro atoms. The molecule has 0 unspecified atom stereocenters. The molecular weight excluding hydrogens is 204 g/mol. The average Bonchev–Trinajstić information content (AvgIpc) is 2.18. The van der Waals surface area contributed by atoms with E-state index in [0.717, 1.165) is 0 Å². The van der Waals surface area contributed by atoms with E-state index in [1.807, 2.05) is 0 Å². The molecule has 0 aliphatic carbocycles. The Morgan fingerprint density at radius 2 is 2.14 bits per heavy atom. The second kappa shape index (κ2) is 4.95. The summed E-state index contributed by atoms with van der Waals surface area (Å²) < 4.78 is 0. The number of aliphatic imine (C=N–C) groups is 1. The first-order valence-corrected chi connectivity index (χ1v) is 4.37. The van der Waals surface area contributed by atoms with E-state index in [1.165, 1.54) is 0 Å². The molecule has 0 atom stereocenters. The summed E-state index contributed by atoms with van der Waals surface area (Å²) in [5.74, 6) is 0.221. The van der Waals surface area contributed by atoms with Crippen LogP contribution < -0.4 is 5.73 Å². The number of halogens is 1. The molecule has 1 aromatic rings. The van der Waals surface area contributed by atoms with Crippen molar-refractivity contribution in [2.24, 2.45) is 10.7 Å². The lowest BCUT2D eigenvalue weighted by molar-refractivity contribution is 0.282. The molecule has 0 saturated heterocycles. The van der Waals surface area contributed by atoms with Crippen LogP contribution in [0.25, 0.3) is 0 Å². The maximum Gasteiger partial charge on any atom is 0.136 e. The predicted molar refractivity (Wildman–Crippen MR) is 55.2 cm³/mol. The van der Waals surface area contributed by atoms with Gasteiger partial charge in [0.25, 0.3) is 0 Å². The second-order valence-electron chi connectivity index (χ2n) is 2.65. The van der Waals surface area contributed by atoms with Gasteiger partial charge in [0.15, 0.2) is 0 Å². The van der Waals surface area contributed by atoms with E-state index in [9.17, 15) is 0 Å². The zero-order valence-electron chi connectivity index (χ0n) is 7.44. The minimum atomic E-state index is -0.356. The molecule has 0 bridgehead atoms. The van der Waals surface area contributed by atoms with Crippen LogP contribution in [0.15, 0.2) is 23.2 Å². The number of benzene rings is 1. The first kappa shape index (κ1) is 11.0. The van der Waals surface area contributed by atoms with Gasteiger partial charge in [-0.1, -0.05) is 23.7 Å². The number of rotatable bonds is 3. The lowest BCUT2D eigenvalue weighted by Crippen LogP contribution is -2.14. The van der Waals surface area contributed by atoms with Gasteiger partial charge in [0.1, 0.15) is 12.6 Å². The van der Waals surface area contributed by atoms with E-state index in [4.69, 9.17) is 27.5 Å². The molecule has 0 fully saturated rings. The van der Waals surface area contributed by atoms with Gasteiger partial charge in [0.05, 0.1) is 6.61 Å². The Bertz CT molecular complexity index is 353. The fraction of sp³-hybridized carbons (Fsp3) is 0.222. The molecule has 14 heavy (non-hydrogen) atoms. The van der Waals surface area contributed by atoms with Crippen LogP contribution in [0.2, 0.25) is 5.02 Å². The van der Waals surface area contributed by atoms with Crippen molar-refractivity contribution < 1.29 is 10.2 Å². The van der Waals surface area contributed by atoms with Crippen LogP contribution in [0.4, 0.5) is 0 Å². The van der Waals surface area contributed by atoms with Crippen LogP contribution in [0.1, 0.15) is 11.1 Å². The molecule has 0 radical (unpaired) electrons. The van der Waals surface area contributed by atoms with Crippen LogP contribution in [0.3, 0.4) is 0 Å². The van der Waals surface area contributed by atoms with Crippen LogP contribution in [-0.4, -0.2) is 22.8 Å². The standard InChI is InChI=1S/C9H11ClN2O2/c10-8-3-6(9(11)12-5-14)1-2-7(8)4-13/h1-3,13-14H,4-5H2,(H2,11,12). The Morgan fingerprint density at radius 3 is 2.64 bits per heavy atom. The molecule has 1 rings (SSSR count). The molecule has 0 saturated carbocycles. The highest BCUT2D eigenvalue weighted by Crippen LogP contribution is 2.17. The first-order valence-electron chi connectivity index (χ1n) is 3.99. The van der Waals surface area contributed by atoms with Crippen molar-refractivity contribution in [1.82, 2.24) is 0 Å². The van der Waals surface area contributed by atoms with E-state index in [1.54, 1.807) is 18.2 Å². The summed E-state index contributed by atoms with van der Waals surface area (Å²) in [6.45, 7) is -0.471. The van der Waals surface area contributed by atoms with Crippen LogP contribution >= 0.6 is 11.6 Å². The molecule has 76 valence electrons. The Morgan fingerprint density at radius 1 is 1.43 bits per heavy atom. The summed E-state index contributed by atoms with van der Waals surface area (Å²) in [4.78, 5) is 3.62. The number of hydrogen-bond acceptors (Lipinski definition) is 3. The minimum Gasteiger partial charge on any atom is -0.392 e. The van der Waals surface area contributed by atoms with Crippen molar-refractivity contribution in [3.63, 3.8) is 0 Å². The van der Waals surface area contributed by atoms with E-state index >= 15 is 0 Å². The van der Waals surface area contributed by atoms with Crippen LogP contribution in [-0.2, 0) is 6.61 Å². The Hall–Kier alpha value is -1.10. The molecule has 0 heterocycles. The van der Waals surface area contributed by atoms with Crippen molar-refractivity contribution in [1.29, 1.82) is 0 Å². The number of aliphatic hydroxyl groups is 2. The number of amidine groups is 1. The Kier molecular flexibility index (Phi) is 3.88. The Labute approximate surface area is 86.7 Å². The molecule has 0 aromatic heterocycles. The van der Waals surface area contributed by atoms with Gasteiger partial charge in [0.2, 0.25) is 0 Å². The molecule has 1 aromatic carbocycles. The summed E-state index contributed by atoms with van der Waals surface area (Å²) >= 11 is 5.84. The SMILES string of the molecule is NC(=NCO)c1ccc(CO)c(Cl)c1. The zero-order chi connectivity index (χ0) is 10.6. The highest BCUT2D eigenvalue weighted by Gasteiger charge is 2.03. The van der Waals surface area contributed by atoms with Gasteiger partial charge >= 0.3 is 0 Å². The zero-order valence-corrected chi connectivity index (χ0v) is 8.20. The summed E-state index contributed by atoms with van der Waals surface area (Å²) in [6.07, 6.45) is 0. The van der Waals surface area contributed by atoms with Crippen molar-refractivity contribution in [2.45, 2.75) is 6.61 Å². The van der Waals surface area contributed by atoms with Gasteiger partial charge in [0, 0.05) is 10.6 Å². The summed E-state index contributed by atoms with van der Waals surface area (Å²) in [5, 5.41) is 17.8. The summed E-state index contributed by atoms with van der Waals surface area (Å²) in [6, 6.07) is 4.95. The molecule has 4 nitrogen and oxygen atoms in total. The second-order valence-corrected chi connectivity index (χ2v) is 3.06. The maximum absolute atomic E-state index is 8.87. The number of nitrogens with two attached hydrogens (primary N) is 1. The number of nitrogens with zero attached hydrogens (tertiary/aromatic N) is 1. The topological polar surface area (TPSA) is 78.8 Å². The van der Waals surface area contributed by atoms with E-state index in [-0.39, 0.29) is 19.2 Å². The molecule has 0 aliphatic heterocycles. The Balaban J connectivity index is 3.02. The van der Waals surface area contributed by atoms with Gasteiger partial charge in [-0.3, -0.25) is 0 Å². The fourth-order valence-electron chi connectivity index (χ4n) is 1.00. The first-order chi connectivity index (χ1) is 6.69. The lowest BCUT2D eigenvalue weighted by atomic mass is 10.1. The van der Waals surface area contributed by atoms with Crippen LogP contribution in [0.5, 0.6) is 0 Å². The summed E-state index contributed by atoms with van der Waals surface area (Å²) in [5.41, 5.74) is 6.79. The van der Waals surface area contributed by atoms with E-state index in [0.29, 0.717) is 16.1 Å². The smallest absolute Gasteiger partial charge is 0.136 e. The third-order valence-electron chi connectivity index (χ3n) is 1.76. The van der Waals surface area contributed by atoms with E-state index < -0.39 is 0 Å². The van der Waals surface area contributed by atoms with Gasteiger partial charge in [-0.05, 0) is 11.6 Å². The monoisotopic (exact) mass is 214 g/mol. The largest absolute Gasteiger partial charge is 0.392 e. The van der Waals surface area contributed by atoms with Gasteiger partial charge in [-0.2, -0.15) is 0 Å². The quantitative estimate of drug-likeness (QED) is 0.506. The molecule has 0 amide bonds. The molecule has 4 N–H and O–H groups in total. The highest BCUT2D eigenvalue weighted by atomic mass is 35.5. The molecular formula is C9H11ClN2O2. The maximum atomic E-state index is 8.87.